The van der Waals surface area contributed by atoms with Crippen molar-refractivity contribution < 1.29 is 28.6 Å². The van der Waals surface area contributed by atoms with Crippen LogP contribution in [0.1, 0.15) is 316 Å². The highest BCUT2D eigenvalue weighted by atomic mass is 16.6. The molecule has 1 atom stereocenters. The fourth-order valence-corrected chi connectivity index (χ4v) is 9.21. The second kappa shape index (κ2) is 64.9. The maximum atomic E-state index is 12.9. The van der Waals surface area contributed by atoms with Crippen molar-refractivity contribution in [2.45, 2.75) is 322 Å². The summed E-state index contributed by atoms with van der Waals surface area (Å²) in [6.45, 7) is 6.40. The first-order chi connectivity index (χ1) is 38.0. The van der Waals surface area contributed by atoms with Gasteiger partial charge in [-0.05, 0) is 116 Å². The van der Waals surface area contributed by atoms with Crippen LogP contribution >= 0.6 is 0 Å². The highest BCUT2D eigenvalue weighted by molar-refractivity contribution is 5.71. The first kappa shape index (κ1) is 73.3. The SMILES string of the molecule is CC/C=C\C/C=C\C/C=C\CCCCCCCCCC(=O)OC(COC(=O)CCCCC/C=C\C/C=C\C/C=C\CC)COC(=O)CCCCCCCCCCCCCCCCCCC/C=C\C/C=C\CCCCCCC. The van der Waals surface area contributed by atoms with Crippen molar-refractivity contribution in [1.82, 2.24) is 0 Å². The molecule has 0 saturated heterocycles. The molecular formula is C71H122O6. The predicted molar refractivity (Wildman–Crippen MR) is 334 cm³/mol. The van der Waals surface area contributed by atoms with Crippen LogP contribution in [0.25, 0.3) is 0 Å². The van der Waals surface area contributed by atoms with Crippen LogP contribution in [0.3, 0.4) is 0 Å². The van der Waals surface area contributed by atoms with E-state index in [1.54, 1.807) is 0 Å². The topological polar surface area (TPSA) is 78.9 Å². The maximum absolute atomic E-state index is 12.9. The summed E-state index contributed by atoms with van der Waals surface area (Å²) in [5.74, 6) is -0.921. The monoisotopic (exact) mass is 1070 g/mol. The van der Waals surface area contributed by atoms with Gasteiger partial charge in [-0.15, -0.1) is 0 Å². The van der Waals surface area contributed by atoms with Gasteiger partial charge in [-0.25, -0.2) is 0 Å². The molecule has 0 N–H and O–H groups in total. The first-order valence-corrected chi connectivity index (χ1v) is 32.7. The molecule has 0 bridgehead atoms. The zero-order chi connectivity index (χ0) is 55.7. The molecule has 0 aromatic heterocycles. The van der Waals surface area contributed by atoms with E-state index < -0.39 is 6.10 Å². The van der Waals surface area contributed by atoms with Crippen molar-refractivity contribution >= 4 is 17.9 Å². The molecule has 0 rings (SSSR count). The molecule has 0 aromatic carbocycles. The molecule has 0 aliphatic heterocycles. The fraction of sp³-hybridized carbons (Fsp3) is 0.732. The number of hydrogen-bond donors (Lipinski definition) is 0. The molecule has 1 unspecified atom stereocenters. The molecule has 6 heteroatoms. The van der Waals surface area contributed by atoms with Crippen molar-refractivity contribution in [3.05, 3.63) is 97.2 Å². The van der Waals surface area contributed by atoms with Crippen molar-refractivity contribution in [2.24, 2.45) is 0 Å². The molecule has 0 fully saturated rings. The van der Waals surface area contributed by atoms with Gasteiger partial charge in [-0.3, -0.25) is 14.4 Å². The summed E-state index contributed by atoms with van der Waals surface area (Å²) in [5, 5.41) is 0. The number of ether oxygens (including phenoxy) is 3. The number of rotatable bonds is 59. The molecule has 0 amide bonds. The predicted octanol–water partition coefficient (Wildman–Crippen LogP) is 22.4. The summed E-state index contributed by atoms with van der Waals surface area (Å²) in [4.78, 5) is 38.3. The Bertz CT molecular complexity index is 1510. The van der Waals surface area contributed by atoms with Crippen LogP contribution in [0, 0.1) is 0 Å². The third-order valence-electron chi connectivity index (χ3n) is 14.1. The van der Waals surface area contributed by atoms with Crippen LogP contribution in [0.4, 0.5) is 0 Å². The molecule has 0 saturated carbocycles. The number of unbranched alkanes of at least 4 members (excludes halogenated alkanes) is 32. The van der Waals surface area contributed by atoms with Gasteiger partial charge in [0.15, 0.2) is 6.10 Å². The Hall–Kier alpha value is -3.67. The molecule has 0 aliphatic rings. The Balaban J connectivity index is 4.24. The van der Waals surface area contributed by atoms with Gasteiger partial charge in [0, 0.05) is 19.3 Å². The van der Waals surface area contributed by atoms with Gasteiger partial charge >= 0.3 is 17.9 Å². The molecule has 77 heavy (non-hydrogen) atoms. The Morgan fingerprint density at radius 2 is 0.506 bits per heavy atom. The normalized spacial score (nSPS) is 12.7. The minimum absolute atomic E-state index is 0.0896. The largest absolute Gasteiger partial charge is 0.462 e. The minimum Gasteiger partial charge on any atom is -0.462 e. The second-order valence-corrected chi connectivity index (χ2v) is 21.6. The Morgan fingerprint density at radius 3 is 0.805 bits per heavy atom. The Labute approximate surface area is 477 Å². The van der Waals surface area contributed by atoms with Gasteiger partial charge in [0.1, 0.15) is 13.2 Å². The molecule has 6 nitrogen and oxygen atoms in total. The third kappa shape index (κ3) is 63.0. The average Bonchev–Trinajstić information content (AvgIpc) is 3.43. The van der Waals surface area contributed by atoms with E-state index in [4.69, 9.17) is 14.2 Å². The summed E-state index contributed by atoms with van der Waals surface area (Å²) >= 11 is 0. The van der Waals surface area contributed by atoms with Crippen molar-refractivity contribution in [3.8, 4) is 0 Å². The number of carbonyl (C=O) groups is 3. The number of hydrogen-bond acceptors (Lipinski definition) is 6. The zero-order valence-electron chi connectivity index (χ0n) is 50.7. The van der Waals surface area contributed by atoms with E-state index in [1.165, 1.54) is 161 Å². The number of allylic oxidation sites excluding steroid dienone is 16. The van der Waals surface area contributed by atoms with Gasteiger partial charge in [0.2, 0.25) is 0 Å². The Morgan fingerprint density at radius 1 is 0.273 bits per heavy atom. The first-order valence-electron chi connectivity index (χ1n) is 32.7. The van der Waals surface area contributed by atoms with Crippen molar-refractivity contribution in [1.29, 1.82) is 0 Å². The van der Waals surface area contributed by atoms with Crippen LogP contribution in [0.15, 0.2) is 97.2 Å². The standard InChI is InChI=1S/C71H122O6/c1-4-7-10-13-16-19-22-25-27-29-30-31-32-33-34-35-36-37-38-39-40-42-43-46-49-52-55-58-61-64-70(73)76-67-68(66-75-69(72)63-60-57-54-51-48-45-24-21-18-15-12-9-6-3)77-71(74)65-62-59-56-53-50-47-44-41-28-26-23-20-17-14-11-8-5-2/h8-9,11-12,17-18,20-22,25-26,28-30,45,48,68H,4-7,10,13-16,19,23-24,27,31-44,46-47,49-67H2,1-3H3/b11-8-,12-9-,20-17-,21-18-,25-22-,28-26-,30-29-,48-45-. The van der Waals surface area contributed by atoms with Crippen LogP contribution in [0.2, 0.25) is 0 Å². The van der Waals surface area contributed by atoms with Gasteiger partial charge < -0.3 is 14.2 Å². The lowest BCUT2D eigenvalue weighted by Gasteiger charge is -2.18. The van der Waals surface area contributed by atoms with Crippen molar-refractivity contribution in [3.63, 3.8) is 0 Å². The van der Waals surface area contributed by atoms with E-state index in [0.29, 0.717) is 19.3 Å². The summed E-state index contributed by atoms with van der Waals surface area (Å²) in [6.07, 6.45) is 87.2. The lowest BCUT2D eigenvalue weighted by atomic mass is 10.0. The van der Waals surface area contributed by atoms with Gasteiger partial charge in [-0.2, -0.15) is 0 Å². The van der Waals surface area contributed by atoms with Crippen molar-refractivity contribution in [2.75, 3.05) is 13.2 Å². The summed E-state index contributed by atoms with van der Waals surface area (Å²) < 4.78 is 16.9. The fourth-order valence-electron chi connectivity index (χ4n) is 9.21. The molecular weight excluding hydrogens is 949 g/mol. The molecule has 0 heterocycles. The zero-order valence-corrected chi connectivity index (χ0v) is 50.7. The van der Waals surface area contributed by atoms with Crippen LogP contribution in [0.5, 0.6) is 0 Å². The lowest BCUT2D eigenvalue weighted by Crippen LogP contribution is -2.30. The smallest absolute Gasteiger partial charge is 0.306 e. The summed E-state index contributed by atoms with van der Waals surface area (Å²) in [7, 11) is 0. The molecule has 0 aliphatic carbocycles. The van der Waals surface area contributed by atoms with Gasteiger partial charge in [0.25, 0.3) is 0 Å². The highest BCUT2D eigenvalue weighted by Gasteiger charge is 2.19. The van der Waals surface area contributed by atoms with E-state index in [9.17, 15) is 14.4 Å². The third-order valence-corrected chi connectivity index (χ3v) is 14.1. The quantitative estimate of drug-likeness (QED) is 0.0261. The maximum Gasteiger partial charge on any atom is 0.306 e. The van der Waals surface area contributed by atoms with Gasteiger partial charge in [-0.1, -0.05) is 279 Å². The van der Waals surface area contributed by atoms with E-state index in [1.807, 2.05) is 0 Å². The molecule has 0 spiro atoms. The average molecular weight is 1070 g/mol. The van der Waals surface area contributed by atoms with Crippen LogP contribution in [-0.4, -0.2) is 37.2 Å². The Kier molecular flexibility index (Phi) is 61.8. The second-order valence-electron chi connectivity index (χ2n) is 21.6. The molecule has 0 aromatic rings. The van der Waals surface area contributed by atoms with Gasteiger partial charge in [0.05, 0.1) is 0 Å². The van der Waals surface area contributed by atoms with Crippen LogP contribution in [-0.2, 0) is 28.6 Å². The lowest BCUT2D eigenvalue weighted by molar-refractivity contribution is -0.167. The highest BCUT2D eigenvalue weighted by Crippen LogP contribution is 2.17. The minimum atomic E-state index is -0.796. The molecule has 442 valence electrons. The summed E-state index contributed by atoms with van der Waals surface area (Å²) in [6, 6.07) is 0. The number of carbonyl (C=O) groups excluding carboxylic acids is 3. The molecule has 0 radical (unpaired) electrons. The van der Waals surface area contributed by atoms with E-state index in [0.717, 1.165) is 116 Å². The summed E-state index contributed by atoms with van der Waals surface area (Å²) in [5.41, 5.74) is 0. The van der Waals surface area contributed by atoms with Crippen LogP contribution < -0.4 is 0 Å². The van der Waals surface area contributed by atoms with E-state index in [2.05, 4.69) is 118 Å². The number of esters is 3. The van der Waals surface area contributed by atoms with E-state index >= 15 is 0 Å². The van der Waals surface area contributed by atoms with E-state index in [-0.39, 0.29) is 31.1 Å².